The molecule has 140 valence electrons. The second-order valence-corrected chi connectivity index (χ2v) is 7.95. The Bertz CT molecular complexity index is 737. The van der Waals surface area contributed by atoms with Gasteiger partial charge in [0.25, 0.3) is 0 Å². The first kappa shape index (κ1) is 18.8. The number of aromatic hydroxyl groups is 2. The van der Waals surface area contributed by atoms with Gasteiger partial charge in [0, 0.05) is 5.41 Å². The molecule has 0 saturated heterocycles. The lowest BCUT2D eigenvalue weighted by molar-refractivity contribution is 0.344. The number of aryl methyl sites for hydroxylation is 4. The third kappa shape index (κ3) is 3.11. The minimum absolute atomic E-state index is 0.0109. The van der Waals surface area contributed by atoms with Gasteiger partial charge >= 0.3 is 0 Å². The van der Waals surface area contributed by atoms with E-state index in [-0.39, 0.29) is 5.41 Å². The zero-order chi connectivity index (χ0) is 18.9. The van der Waals surface area contributed by atoms with E-state index in [1.807, 2.05) is 13.8 Å². The summed E-state index contributed by atoms with van der Waals surface area (Å²) in [5.74, 6) is 0.886. The van der Waals surface area contributed by atoms with Crippen LogP contribution in [0, 0.1) is 13.8 Å². The van der Waals surface area contributed by atoms with E-state index in [0.29, 0.717) is 11.5 Å². The van der Waals surface area contributed by atoms with Crippen LogP contribution in [0.25, 0.3) is 0 Å². The average molecular weight is 353 g/mol. The van der Waals surface area contributed by atoms with Crippen LogP contribution in [-0.4, -0.2) is 10.2 Å². The summed E-state index contributed by atoms with van der Waals surface area (Å²) in [5, 5.41) is 20.8. The molecular weight excluding hydrogens is 320 g/mol. The van der Waals surface area contributed by atoms with Crippen LogP contribution in [0.5, 0.6) is 11.5 Å². The van der Waals surface area contributed by atoms with E-state index in [1.54, 1.807) is 0 Å². The fourth-order valence-corrected chi connectivity index (χ4v) is 4.70. The minimum Gasteiger partial charge on any atom is -0.507 e. The molecule has 1 fully saturated rings. The summed E-state index contributed by atoms with van der Waals surface area (Å²) >= 11 is 0. The van der Waals surface area contributed by atoms with Crippen molar-refractivity contribution >= 4 is 0 Å². The number of phenolic OH excluding ortho intramolecular Hbond substituents is 2. The van der Waals surface area contributed by atoms with Crippen molar-refractivity contribution in [3.05, 3.63) is 57.6 Å². The Hall–Kier alpha value is -1.96. The molecule has 1 aliphatic rings. The summed E-state index contributed by atoms with van der Waals surface area (Å²) in [6.45, 7) is 8.22. The highest BCUT2D eigenvalue weighted by Crippen LogP contribution is 2.47. The number of hydrogen-bond donors (Lipinski definition) is 2. The predicted octanol–water partition coefficient (Wildman–Crippen LogP) is 6.09. The van der Waals surface area contributed by atoms with Crippen molar-refractivity contribution in [2.24, 2.45) is 0 Å². The number of rotatable bonds is 4. The fraction of sp³-hybridized carbons (Fsp3) is 0.500. The maximum Gasteiger partial charge on any atom is 0.121 e. The monoisotopic (exact) mass is 352 g/mol. The maximum atomic E-state index is 10.4. The van der Waals surface area contributed by atoms with Crippen molar-refractivity contribution in [3.8, 4) is 11.5 Å². The molecule has 2 nitrogen and oxygen atoms in total. The maximum absolute atomic E-state index is 10.4. The van der Waals surface area contributed by atoms with E-state index in [9.17, 15) is 10.2 Å². The number of phenols is 2. The molecule has 0 unspecified atom stereocenters. The van der Waals surface area contributed by atoms with E-state index in [2.05, 4.69) is 38.1 Å². The van der Waals surface area contributed by atoms with Gasteiger partial charge in [-0.25, -0.2) is 0 Å². The Morgan fingerprint density at radius 3 is 1.54 bits per heavy atom. The molecule has 1 aliphatic carbocycles. The van der Waals surface area contributed by atoms with Crippen LogP contribution in [0.2, 0.25) is 0 Å². The summed E-state index contributed by atoms with van der Waals surface area (Å²) in [6, 6.07) is 8.82. The van der Waals surface area contributed by atoms with Gasteiger partial charge in [0.2, 0.25) is 0 Å². The van der Waals surface area contributed by atoms with Crippen LogP contribution < -0.4 is 0 Å². The van der Waals surface area contributed by atoms with E-state index in [4.69, 9.17) is 0 Å². The minimum atomic E-state index is -0.0109. The molecule has 0 heterocycles. The van der Waals surface area contributed by atoms with Gasteiger partial charge in [0.05, 0.1) is 0 Å². The molecule has 0 amide bonds. The summed E-state index contributed by atoms with van der Waals surface area (Å²) in [7, 11) is 0. The van der Waals surface area contributed by atoms with Gasteiger partial charge in [0.15, 0.2) is 0 Å². The van der Waals surface area contributed by atoms with E-state index in [0.717, 1.165) is 47.9 Å². The number of hydrogen-bond acceptors (Lipinski definition) is 2. The second kappa shape index (κ2) is 7.34. The lowest BCUT2D eigenvalue weighted by atomic mass is 9.64. The molecule has 3 rings (SSSR count). The van der Waals surface area contributed by atoms with Crippen molar-refractivity contribution in [1.29, 1.82) is 0 Å². The fourth-order valence-electron chi connectivity index (χ4n) is 4.70. The molecule has 0 radical (unpaired) electrons. The summed E-state index contributed by atoms with van der Waals surface area (Å²) in [4.78, 5) is 0. The molecule has 1 saturated carbocycles. The lowest BCUT2D eigenvalue weighted by Crippen LogP contribution is -2.31. The molecule has 2 N–H and O–H groups in total. The molecule has 2 aromatic carbocycles. The highest BCUT2D eigenvalue weighted by Gasteiger charge is 2.37. The molecule has 0 aromatic heterocycles. The summed E-state index contributed by atoms with van der Waals surface area (Å²) < 4.78 is 0. The third-order valence-corrected chi connectivity index (χ3v) is 6.33. The van der Waals surface area contributed by atoms with Crippen LogP contribution in [-0.2, 0) is 18.3 Å². The van der Waals surface area contributed by atoms with Crippen molar-refractivity contribution in [2.45, 2.75) is 78.1 Å². The smallest absolute Gasteiger partial charge is 0.121 e. The van der Waals surface area contributed by atoms with Crippen LogP contribution >= 0.6 is 0 Å². The molecule has 0 atom stereocenters. The van der Waals surface area contributed by atoms with Gasteiger partial charge in [0.1, 0.15) is 11.5 Å². The van der Waals surface area contributed by atoms with Crippen LogP contribution in [0.1, 0.15) is 79.3 Å². The summed E-state index contributed by atoms with van der Waals surface area (Å²) in [5.41, 5.74) is 6.66. The largest absolute Gasteiger partial charge is 0.507 e. The Balaban J connectivity index is 2.24. The number of benzene rings is 2. The highest BCUT2D eigenvalue weighted by molar-refractivity contribution is 5.53. The topological polar surface area (TPSA) is 40.5 Å². The Kier molecular flexibility index (Phi) is 5.32. The van der Waals surface area contributed by atoms with E-state index < -0.39 is 0 Å². The van der Waals surface area contributed by atoms with Crippen LogP contribution in [0.15, 0.2) is 24.3 Å². The molecule has 0 aliphatic heterocycles. The lowest BCUT2D eigenvalue weighted by Gasteiger charge is -2.40. The standard InChI is InChI=1S/C24H32O2/c1-5-18-14-20(12-16(3)22(18)25)24(10-8-7-9-11-24)21-13-17(4)23(26)19(6-2)15-21/h12-15,25-26H,5-11H2,1-4H3. The average Bonchev–Trinajstić information content (AvgIpc) is 2.66. The Morgan fingerprint density at radius 2 is 1.15 bits per heavy atom. The second-order valence-electron chi connectivity index (χ2n) is 7.95. The Morgan fingerprint density at radius 1 is 0.731 bits per heavy atom. The van der Waals surface area contributed by atoms with E-state index >= 15 is 0 Å². The zero-order valence-electron chi connectivity index (χ0n) is 16.7. The molecule has 2 heteroatoms. The SMILES string of the molecule is CCc1cc(C2(c3cc(C)c(O)c(CC)c3)CCCCC2)cc(C)c1O. The normalized spacial score (nSPS) is 16.6. The molecule has 0 spiro atoms. The van der Waals surface area contributed by atoms with Crippen molar-refractivity contribution in [3.63, 3.8) is 0 Å². The predicted molar refractivity (Wildman–Crippen MR) is 108 cm³/mol. The van der Waals surface area contributed by atoms with Gasteiger partial charge in [-0.15, -0.1) is 0 Å². The first-order valence-electron chi connectivity index (χ1n) is 10.1. The van der Waals surface area contributed by atoms with Crippen molar-refractivity contribution in [2.75, 3.05) is 0 Å². The first-order chi connectivity index (χ1) is 12.4. The molecule has 2 aromatic rings. The van der Waals surface area contributed by atoms with Gasteiger partial charge in [-0.1, -0.05) is 57.4 Å². The first-order valence-corrected chi connectivity index (χ1v) is 10.1. The van der Waals surface area contributed by atoms with Gasteiger partial charge in [-0.2, -0.15) is 0 Å². The van der Waals surface area contributed by atoms with Gasteiger partial charge in [-0.05, 0) is 72.9 Å². The van der Waals surface area contributed by atoms with E-state index in [1.165, 1.54) is 30.4 Å². The molecule has 0 bridgehead atoms. The van der Waals surface area contributed by atoms with Crippen molar-refractivity contribution in [1.82, 2.24) is 0 Å². The molecule has 26 heavy (non-hydrogen) atoms. The molecular formula is C24H32O2. The Labute approximate surface area is 157 Å². The van der Waals surface area contributed by atoms with Gasteiger partial charge in [-0.3, -0.25) is 0 Å². The summed E-state index contributed by atoms with van der Waals surface area (Å²) in [6.07, 6.45) is 7.68. The van der Waals surface area contributed by atoms with Crippen LogP contribution in [0.3, 0.4) is 0 Å². The van der Waals surface area contributed by atoms with Crippen LogP contribution in [0.4, 0.5) is 0 Å². The quantitative estimate of drug-likeness (QED) is 0.699. The highest BCUT2D eigenvalue weighted by atomic mass is 16.3. The van der Waals surface area contributed by atoms with Gasteiger partial charge < -0.3 is 10.2 Å². The zero-order valence-corrected chi connectivity index (χ0v) is 16.7. The van der Waals surface area contributed by atoms with Crippen molar-refractivity contribution < 1.29 is 10.2 Å². The third-order valence-electron chi connectivity index (χ3n) is 6.33.